The Bertz CT molecular complexity index is 479. The first-order valence-electron chi connectivity index (χ1n) is 6.43. The van der Waals surface area contributed by atoms with Crippen molar-refractivity contribution in [2.45, 2.75) is 26.3 Å². The smallest absolute Gasteiger partial charge is 0.326 e. The van der Waals surface area contributed by atoms with Gasteiger partial charge in [0.1, 0.15) is 6.04 Å². The largest absolute Gasteiger partial charge is 0.480 e. The number of carboxylic acids is 1. The molecule has 2 amide bonds. The van der Waals surface area contributed by atoms with Crippen LogP contribution in [0.1, 0.15) is 19.4 Å². The molecule has 0 aliphatic heterocycles. The summed E-state index contributed by atoms with van der Waals surface area (Å²) in [6.07, 6.45) is 2.11. The molecule has 3 N–H and O–H groups in total. The van der Waals surface area contributed by atoms with Gasteiger partial charge in [-0.15, -0.1) is 0 Å². The molecule has 0 fully saturated rings. The number of carbonyl (C=O) groups is 2. The number of urea groups is 1. The van der Waals surface area contributed by atoms with Crippen LogP contribution >= 0.6 is 0 Å². The maximum atomic E-state index is 11.6. The third-order valence-electron chi connectivity index (χ3n) is 2.66. The maximum absolute atomic E-state index is 11.6. The minimum absolute atomic E-state index is 0.256. The predicted molar refractivity (Wildman–Crippen MR) is 77.5 cm³/mol. The summed E-state index contributed by atoms with van der Waals surface area (Å²) in [7, 11) is 0. The number of hydrogen-bond acceptors (Lipinski definition) is 2. The SMILES string of the molecule is CC(C)=CCNC(=O)N[C@@H](Cc1ccccc1)C(=O)O. The normalized spacial score (nSPS) is 11.3. The van der Waals surface area contributed by atoms with Crippen molar-refractivity contribution in [3.63, 3.8) is 0 Å². The highest BCUT2D eigenvalue weighted by Gasteiger charge is 2.19. The Morgan fingerprint density at radius 3 is 2.45 bits per heavy atom. The van der Waals surface area contributed by atoms with Crippen LogP contribution < -0.4 is 10.6 Å². The minimum Gasteiger partial charge on any atom is -0.480 e. The molecule has 0 heterocycles. The summed E-state index contributed by atoms with van der Waals surface area (Å²) in [6.45, 7) is 4.23. The summed E-state index contributed by atoms with van der Waals surface area (Å²) in [5.74, 6) is -1.05. The number of benzene rings is 1. The first-order valence-corrected chi connectivity index (χ1v) is 6.43. The van der Waals surface area contributed by atoms with Crippen LogP contribution in [0.5, 0.6) is 0 Å². The van der Waals surface area contributed by atoms with Crippen LogP contribution in [0.25, 0.3) is 0 Å². The molecule has 1 aromatic rings. The van der Waals surface area contributed by atoms with Crippen LogP contribution in [0.2, 0.25) is 0 Å². The molecule has 0 spiro atoms. The molecule has 5 heteroatoms. The van der Waals surface area contributed by atoms with E-state index < -0.39 is 18.0 Å². The van der Waals surface area contributed by atoms with Crippen LogP contribution in [0.4, 0.5) is 4.79 Å². The monoisotopic (exact) mass is 276 g/mol. The lowest BCUT2D eigenvalue weighted by atomic mass is 10.1. The second-order valence-electron chi connectivity index (χ2n) is 4.72. The van der Waals surface area contributed by atoms with E-state index in [4.69, 9.17) is 5.11 Å². The van der Waals surface area contributed by atoms with Crippen molar-refractivity contribution in [2.24, 2.45) is 0 Å². The third kappa shape index (κ3) is 6.04. The molecule has 0 aromatic heterocycles. The average molecular weight is 276 g/mol. The molecule has 5 nitrogen and oxygen atoms in total. The van der Waals surface area contributed by atoms with Crippen molar-refractivity contribution >= 4 is 12.0 Å². The molecule has 1 aromatic carbocycles. The highest BCUT2D eigenvalue weighted by atomic mass is 16.4. The molecule has 1 rings (SSSR count). The fourth-order valence-electron chi connectivity index (χ4n) is 1.61. The summed E-state index contributed by atoms with van der Waals surface area (Å²) >= 11 is 0. The second-order valence-corrected chi connectivity index (χ2v) is 4.72. The maximum Gasteiger partial charge on any atom is 0.326 e. The summed E-state index contributed by atoms with van der Waals surface area (Å²) in [5, 5.41) is 14.2. The molecular weight excluding hydrogens is 256 g/mol. The number of rotatable bonds is 6. The number of amides is 2. The Morgan fingerprint density at radius 1 is 1.25 bits per heavy atom. The van der Waals surface area contributed by atoms with E-state index in [1.165, 1.54) is 0 Å². The fourth-order valence-corrected chi connectivity index (χ4v) is 1.61. The van der Waals surface area contributed by atoms with E-state index in [0.29, 0.717) is 6.54 Å². The molecule has 108 valence electrons. The number of carbonyl (C=O) groups excluding carboxylic acids is 1. The van der Waals surface area contributed by atoms with Crippen molar-refractivity contribution in [3.8, 4) is 0 Å². The lowest BCUT2D eigenvalue weighted by Gasteiger charge is -2.15. The second kappa shape index (κ2) is 7.99. The van der Waals surface area contributed by atoms with Crippen molar-refractivity contribution in [3.05, 3.63) is 47.5 Å². The molecular formula is C15H20N2O3. The quantitative estimate of drug-likeness (QED) is 0.695. The van der Waals surface area contributed by atoms with E-state index in [-0.39, 0.29) is 6.42 Å². The van der Waals surface area contributed by atoms with Gasteiger partial charge in [-0.25, -0.2) is 9.59 Å². The first-order chi connectivity index (χ1) is 9.49. The summed E-state index contributed by atoms with van der Waals surface area (Å²) in [4.78, 5) is 22.8. The summed E-state index contributed by atoms with van der Waals surface area (Å²) in [5.41, 5.74) is 1.95. The van der Waals surface area contributed by atoms with E-state index in [1.54, 1.807) is 0 Å². The van der Waals surface area contributed by atoms with Gasteiger partial charge in [-0.05, 0) is 19.4 Å². The number of allylic oxidation sites excluding steroid dienone is 1. The number of aliphatic carboxylic acids is 1. The zero-order chi connectivity index (χ0) is 15.0. The molecule has 0 saturated carbocycles. The molecule has 20 heavy (non-hydrogen) atoms. The minimum atomic E-state index is -1.05. The Morgan fingerprint density at radius 2 is 1.90 bits per heavy atom. The van der Waals surface area contributed by atoms with Crippen LogP contribution in [-0.4, -0.2) is 29.7 Å². The van der Waals surface area contributed by atoms with Crippen LogP contribution in [-0.2, 0) is 11.2 Å². The van der Waals surface area contributed by atoms with E-state index in [1.807, 2.05) is 50.3 Å². The molecule has 0 unspecified atom stereocenters. The van der Waals surface area contributed by atoms with Gasteiger partial charge in [0.15, 0.2) is 0 Å². The standard InChI is InChI=1S/C15H20N2O3/c1-11(2)8-9-16-15(20)17-13(14(18)19)10-12-6-4-3-5-7-12/h3-8,13H,9-10H2,1-2H3,(H,18,19)(H2,16,17,20)/t13-/m0/s1. The highest BCUT2D eigenvalue weighted by molar-refractivity contribution is 5.82. The fraction of sp³-hybridized carbons (Fsp3) is 0.333. The first kappa shape index (κ1) is 15.8. The average Bonchev–Trinajstić information content (AvgIpc) is 2.38. The van der Waals surface area contributed by atoms with Crippen LogP contribution in [0.3, 0.4) is 0 Å². The van der Waals surface area contributed by atoms with Gasteiger partial charge in [0, 0.05) is 13.0 Å². The Labute approximate surface area is 118 Å². The van der Waals surface area contributed by atoms with Crippen LogP contribution in [0, 0.1) is 0 Å². The van der Waals surface area contributed by atoms with Crippen molar-refractivity contribution in [2.75, 3.05) is 6.54 Å². The highest BCUT2D eigenvalue weighted by Crippen LogP contribution is 2.03. The molecule has 0 radical (unpaired) electrons. The van der Waals surface area contributed by atoms with Crippen LogP contribution in [0.15, 0.2) is 42.0 Å². The van der Waals surface area contributed by atoms with Gasteiger partial charge >= 0.3 is 12.0 Å². The zero-order valence-corrected chi connectivity index (χ0v) is 11.7. The van der Waals surface area contributed by atoms with Gasteiger partial charge in [0.2, 0.25) is 0 Å². The zero-order valence-electron chi connectivity index (χ0n) is 11.7. The molecule has 0 bridgehead atoms. The third-order valence-corrected chi connectivity index (χ3v) is 2.66. The van der Waals surface area contributed by atoms with Crippen molar-refractivity contribution in [1.82, 2.24) is 10.6 Å². The van der Waals surface area contributed by atoms with Crippen molar-refractivity contribution in [1.29, 1.82) is 0 Å². The summed E-state index contributed by atoms with van der Waals surface area (Å²) < 4.78 is 0. The van der Waals surface area contributed by atoms with Gasteiger partial charge in [-0.3, -0.25) is 0 Å². The van der Waals surface area contributed by atoms with Gasteiger partial charge in [-0.2, -0.15) is 0 Å². The Kier molecular flexibility index (Phi) is 6.29. The lowest BCUT2D eigenvalue weighted by Crippen LogP contribution is -2.47. The van der Waals surface area contributed by atoms with Gasteiger partial charge in [0.25, 0.3) is 0 Å². The number of carboxylic acid groups (broad SMARTS) is 1. The van der Waals surface area contributed by atoms with E-state index in [2.05, 4.69) is 10.6 Å². The summed E-state index contributed by atoms with van der Waals surface area (Å²) in [6, 6.07) is 7.78. The van der Waals surface area contributed by atoms with Crippen molar-refractivity contribution < 1.29 is 14.7 Å². The number of nitrogens with one attached hydrogen (secondary N) is 2. The Hall–Kier alpha value is -2.30. The lowest BCUT2D eigenvalue weighted by molar-refractivity contribution is -0.139. The molecule has 0 saturated heterocycles. The van der Waals surface area contributed by atoms with Gasteiger partial charge in [-0.1, -0.05) is 42.0 Å². The van der Waals surface area contributed by atoms with E-state index in [9.17, 15) is 9.59 Å². The Balaban J connectivity index is 2.53. The van der Waals surface area contributed by atoms with Gasteiger partial charge < -0.3 is 15.7 Å². The molecule has 1 atom stereocenters. The topological polar surface area (TPSA) is 78.4 Å². The van der Waals surface area contributed by atoms with Gasteiger partial charge in [0.05, 0.1) is 0 Å². The van der Waals surface area contributed by atoms with E-state index in [0.717, 1.165) is 11.1 Å². The predicted octanol–water partition coefficient (Wildman–Crippen LogP) is 1.95. The number of hydrogen-bond donors (Lipinski definition) is 3. The van der Waals surface area contributed by atoms with E-state index >= 15 is 0 Å². The molecule has 0 aliphatic rings. The molecule has 0 aliphatic carbocycles.